The summed E-state index contributed by atoms with van der Waals surface area (Å²) in [7, 11) is 3.70. The molecule has 1 aromatic rings. The molecule has 1 heterocycles. The van der Waals surface area contributed by atoms with Crippen LogP contribution in [-0.2, 0) is 10.3 Å². The summed E-state index contributed by atoms with van der Waals surface area (Å²) in [6.45, 7) is 0. The molecule has 1 atom stereocenters. The molecule has 1 amide bonds. The van der Waals surface area contributed by atoms with Gasteiger partial charge in [0.05, 0.1) is 5.54 Å². The molecule has 0 spiro atoms. The van der Waals surface area contributed by atoms with E-state index >= 15 is 0 Å². The predicted molar refractivity (Wildman–Crippen MR) is 85.5 cm³/mol. The van der Waals surface area contributed by atoms with Gasteiger partial charge in [-0.2, -0.15) is 0 Å². The molecule has 0 saturated heterocycles. The van der Waals surface area contributed by atoms with Crippen LogP contribution in [0.2, 0.25) is 0 Å². The number of carboxylic acid groups (broad SMARTS) is 1. The molecule has 0 radical (unpaired) electrons. The molecule has 1 aliphatic carbocycles. The molecule has 1 fully saturated rings. The van der Waals surface area contributed by atoms with Crippen LogP contribution in [0.25, 0.3) is 0 Å². The molecule has 1 unspecified atom stereocenters. The highest BCUT2D eigenvalue weighted by Gasteiger charge is 2.41. The van der Waals surface area contributed by atoms with Gasteiger partial charge < -0.3 is 15.3 Å². The van der Waals surface area contributed by atoms with Gasteiger partial charge in [0.2, 0.25) is 0 Å². The van der Waals surface area contributed by atoms with Crippen LogP contribution in [0.1, 0.15) is 24.1 Å². The summed E-state index contributed by atoms with van der Waals surface area (Å²) in [5, 5.41) is 13.8. The lowest BCUT2D eigenvalue weighted by atomic mass is 9.77. The van der Waals surface area contributed by atoms with Gasteiger partial charge in [-0.3, -0.25) is 4.79 Å². The average molecular weight is 373 g/mol. The number of Topliss-reactive ketones (excluding diaryl/α,β-unsaturated/α-hetero) is 1. The summed E-state index contributed by atoms with van der Waals surface area (Å²) in [6, 6.07) is 1.92. The van der Waals surface area contributed by atoms with Crippen molar-refractivity contribution in [3.05, 3.63) is 32.6 Å². The van der Waals surface area contributed by atoms with E-state index in [0.29, 0.717) is 24.8 Å². The molecule has 1 aromatic heterocycles. The van der Waals surface area contributed by atoms with Gasteiger partial charge in [0.15, 0.2) is 5.78 Å². The molecule has 2 rings (SSSR count). The quantitative estimate of drug-likeness (QED) is 0.799. The molecule has 21 heavy (non-hydrogen) atoms. The highest BCUT2D eigenvalue weighted by molar-refractivity contribution is 9.10. The van der Waals surface area contributed by atoms with E-state index in [9.17, 15) is 14.7 Å². The first kappa shape index (κ1) is 16.0. The predicted octanol–water partition coefficient (Wildman–Crippen LogP) is 3.17. The first-order valence-electron chi connectivity index (χ1n) is 6.48. The largest absolute Gasteiger partial charge is 0.465 e. The number of hydrogen-bond donors (Lipinski definition) is 2. The Morgan fingerprint density at radius 3 is 2.81 bits per heavy atom. The van der Waals surface area contributed by atoms with Crippen LogP contribution in [0.4, 0.5) is 4.79 Å². The zero-order chi connectivity index (χ0) is 15.6. The van der Waals surface area contributed by atoms with E-state index in [1.807, 2.05) is 30.4 Å². The van der Waals surface area contributed by atoms with Gasteiger partial charge in [0.1, 0.15) is 0 Å². The van der Waals surface area contributed by atoms with Crippen LogP contribution < -0.4 is 5.32 Å². The number of rotatable bonds is 3. The minimum atomic E-state index is -1.07. The molecular formula is C14H17BrN2O3S. The van der Waals surface area contributed by atoms with Crippen molar-refractivity contribution in [2.75, 3.05) is 14.1 Å². The zero-order valence-electron chi connectivity index (χ0n) is 11.9. The topological polar surface area (TPSA) is 69.6 Å². The Morgan fingerprint density at radius 2 is 2.29 bits per heavy atom. The van der Waals surface area contributed by atoms with E-state index in [1.54, 1.807) is 6.20 Å². The summed E-state index contributed by atoms with van der Waals surface area (Å²) in [4.78, 5) is 26.0. The summed E-state index contributed by atoms with van der Waals surface area (Å²) in [6.07, 6.45) is 1.91. The smallest absolute Gasteiger partial charge is 0.405 e. The van der Waals surface area contributed by atoms with Gasteiger partial charge in [-0.15, -0.1) is 11.3 Å². The normalized spacial score (nSPS) is 24.1. The second-order valence-corrected chi connectivity index (χ2v) is 7.19. The van der Waals surface area contributed by atoms with Gasteiger partial charge >= 0.3 is 6.09 Å². The third kappa shape index (κ3) is 3.65. The number of nitrogens with one attached hydrogen (secondary N) is 1. The fourth-order valence-electron chi connectivity index (χ4n) is 2.58. The molecule has 0 aliphatic heterocycles. The lowest BCUT2D eigenvalue weighted by Crippen LogP contribution is -2.48. The molecule has 0 aromatic carbocycles. The van der Waals surface area contributed by atoms with Crippen molar-refractivity contribution in [1.29, 1.82) is 0 Å². The van der Waals surface area contributed by atoms with Crippen molar-refractivity contribution in [3.63, 3.8) is 0 Å². The highest BCUT2D eigenvalue weighted by Crippen LogP contribution is 2.41. The number of thiophene rings is 1. The van der Waals surface area contributed by atoms with Crippen molar-refractivity contribution in [2.24, 2.45) is 0 Å². The number of halogens is 1. The lowest BCUT2D eigenvalue weighted by molar-refractivity contribution is -0.117. The second kappa shape index (κ2) is 6.19. The van der Waals surface area contributed by atoms with Gasteiger partial charge in [-0.25, -0.2) is 4.79 Å². The summed E-state index contributed by atoms with van der Waals surface area (Å²) < 4.78 is 0.920. The first-order valence-corrected chi connectivity index (χ1v) is 8.15. The van der Waals surface area contributed by atoms with E-state index in [4.69, 9.17) is 0 Å². The average Bonchev–Trinajstić information content (AvgIpc) is 2.80. The Bertz CT molecular complexity index is 597. The molecule has 2 N–H and O–H groups in total. The molecular weight excluding hydrogens is 356 g/mol. The Balaban J connectivity index is 2.41. The highest BCUT2D eigenvalue weighted by atomic mass is 79.9. The minimum Gasteiger partial charge on any atom is -0.465 e. The molecule has 7 heteroatoms. The SMILES string of the molecule is CN(C)C=C1CC(NC(=O)O)(c2cc(Br)cs2)CCC1=O. The Labute approximate surface area is 135 Å². The Hall–Kier alpha value is -1.34. The summed E-state index contributed by atoms with van der Waals surface area (Å²) >= 11 is 4.90. The molecule has 1 aliphatic rings. The van der Waals surface area contributed by atoms with E-state index in [-0.39, 0.29) is 5.78 Å². The molecule has 114 valence electrons. The van der Waals surface area contributed by atoms with E-state index in [1.165, 1.54) is 11.3 Å². The van der Waals surface area contributed by atoms with Crippen molar-refractivity contribution in [1.82, 2.24) is 10.2 Å². The monoisotopic (exact) mass is 372 g/mol. The third-order valence-electron chi connectivity index (χ3n) is 3.43. The van der Waals surface area contributed by atoms with Crippen molar-refractivity contribution >= 4 is 39.1 Å². The van der Waals surface area contributed by atoms with Crippen molar-refractivity contribution < 1.29 is 14.7 Å². The first-order chi connectivity index (χ1) is 9.82. The fraction of sp³-hybridized carbons (Fsp3) is 0.429. The standard InChI is InChI=1S/C14H17BrN2O3S/c1-17(2)7-9-6-14(16-13(19)20,4-3-11(9)18)12-5-10(15)8-21-12/h5,7-8,16H,3-4,6H2,1-2H3,(H,19,20). The molecule has 1 saturated carbocycles. The maximum atomic E-state index is 12.1. The van der Waals surface area contributed by atoms with Gasteiger partial charge in [-0.1, -0.05) is 0 Å². The van der Waals surface area contributed by atoms with Crippen LogP contribution in [0.15, 0.2) is 27.7 Å². The van der Waals surface area contributed by atoms with Gasteiger partial charge in [0, 0.05) is 53.4 Å². The number of carbonyl (C=O) groups excluding carboxylic acids is 1. The number of nitrogens with zero attached hydrogens (tertiary/aromatic N) is 1. The number of hydrogen-bond acceptors (Lipinski definition) is 4. The Kier molecular flexibility index (Phi) is 4.73. The van der Waals surface area contributed by atoms with Gasteiger partial charge in [-0.05, 0) is 28.4 Å². The number of ketones is 1. The van der Waals surface area contributed by atoms with Crippen LogP contribution in [-0.4, -0.2) is 36.0 Å². The zero-order valence-corrected chi connectivity index (χ0v) is 14.3. The summed E-state index contributed by atoms with van der Waals surface area (Å²) in [5.74, 6) is 0.0853. The second-order valence-electron chi connectivity index (χ2n) is 5.36. The van der Waals surface area contributed by atoms with E-state index in [2.05, 4.69) is 21.2 Å². The maximum Gasteiger partial charge on any atom is 0.405 e. The van der Waals surface area contributed by atoms with E-state index < -0.39 is 11.6 Å². The van der Waals surface area contributed by atoms with Crippen molar-refractivity contribution in [3.8, 4) is 0 Å². The van der Waals surface area contributed by atoms with Crippen LogP contribution in [0.5, 0.6) is 0 Å². The maximum absolute atomic E-state index is 12.1. The van der Waals surface area contributed by atoms with Gasteiger partial charge in [0.25, 0.3) is 0 Å². The lowest BCUT2D eigenvalue weighted by Gasteiger charge is -2.37. The fourth-order valence-corrected chi connectivity index (χ4v) is 4.19. The van der Waals surface area contributed by atoms with E-state index in [0.717, 1.165) is 9.35 Å². The molecule has 0 bridgehead atoms. The minimum absolute atomic E-state index is 0.0853. The van der Waals surface area contributed by atoms with Crippen LogP contribution >= 0.6 is 27.3 Å². The third-order valence-corrected chi connectivity index (χ3v) is 5.32. The number of carbonyl (C=O) groups is 2. The molecule has 5 nitrogen and oxygen atoms in total. The summed E-state index contributed by atoms with van der Waals surface area (Å²) in [5.41, 5.74) is -0.0670. The Morgan fingerprint density at radius 1 is 1.57 bits per heavy atom. The van der Waals surface area contributed by atoms with Crippen LogP contribution in [0, 0.1) is 0 Å². The van der Waals surface area contributed by atoms with Crippen molar-refractivity contribution in [2.45, 2.75) is 24.8 Å². The van der Waals surface area contributed by atoms with Crippen LogP contribution in [0.3, 0.4) is 0 Å². The number of amides is 1.